The Hall–Kier alpha value is -2.43. The fraction of sp³-hybridized carbons (Fsp3) is 0.188. The maximum Gasteiger partial charge on any atom is 0.387 e. The summed E-state index contributed by atoms with van der Waals surface area (Å²) in [6.45, 7) is -1.22. The lowest BCUT2D eigenvalue weighted by Crippen LogP contribution is -2.03. The number of ether oxygens (including phenoxy) is 1. The Bertz CT molecular complexity index is 654. The smallest absolute Gasteiger partial charge is 0.387 e. The first-order valence-electron chi connectivity index (χ1n) is 6.42. The van der Waals surface area contributed by atoms with Crippen molar-refractivity contribution in [3.8, 4) is 22.6 Å². The molecule has 2 rings (SSSR count). The lowest BCUT2D eigenvalue weighted by molar-refractivity contribution is -0.0494. The van der Waals surface area contributed by atoms with E-state index in [2.05, 4.69) is 4.74 Å². The Morgan fingerprint density at radius 2 is 2.00 bits per heavy atom. The number of halogens is 2. The van der Waals surface area contributed by atoms with Crippen LogP contribution in [-0.4, -0.2) is 17.5 Å². The van der Waals surface area contributed by atoms with Crippen molar-refractivity contribution in [2.24, 2.45) is 0 Å². The van der Waals surface area contributed by atoms with Gasteiger partial charge in [-0.1, -0.05) is 25.1 Å². The molecule has 110 valence electrons. The third-order valence-corrected chi connectivity index (χ3v) is 3.00. The molecule has 0 aliphatic heterocycles. The minimum Gasteiger partial charge on any atom is -0.508 e. The summed E-state index contributed by atoms with van der Waals surface area (Å²) in [6, 6.07) is 10.4. The summed E-state index contributed by atoms with van der Waals surface area (Å²) >= 11 is 0. The molecule has 0 spiro atoms. The molecule has 0 saturated carbocycles. The number of ketones is 1. The summed E-state index contributed by atoms with van der Waals surface area (Å²) in [5.74, 6) is -0.170. The van der Waals surface area contributed by atoms with Gasteiger partial charge in [-0.3, -0.25) is 4.79 Å². The lowest BCUT2D eigenvalue weighted by Gasteiger charge is -2.12. The maximum atomic E-state index is 12.4. The number of aromatic hydroxyl groups is 1. The van der Waals surface area contributed by atoms with Gasteiger partial charge < -0.3 is 9.84 Å². The van der Waals surface area contributed by atoms with Gasteiger partial charge >= 0.3 is 6.61 Å². The second-order valence-corrected chi connectivity index (χ2v) is 4.42. The van der Waals surface area contributed by atoms with Gasteiger partial charge in [0.2, 0.25) is 0 Å². The van der Waals surface area contributed by atoms with E-state index >= 15 is 0 Å². The molecule has 1 N–H and O–H groups in total. The van der Waals surface area contributed by atoms with Crippen molar-refractivity contribution in [1.29, 1.82) is 0 Å². The van der Waals surface area contributed by atoms with Crippen molar-refractivity contribution in [2.45, 2.75) is 20.0 Å². The van der Waals surface area contributed by atoms with E-state index in [1.165, 1.54) is 18.2 Å². The Kier molecular flexibility index (Phi) is 4.52. The van der Waals surface area contributed by atoms with Gasteiger partial charge in [-0.05, 0) is 29.8 Å². The number of carbonyl (C=O) groups excluding carboxylic acids is 1. The van der Waals surface area contributed by atoms with Crippen molar-refractivity contribution < 1.29 is 23.4 Å². The molecule has 21 heavy (non-hydrogen) atoms. The topological polar surface area (TPSA) is 46.5 Å². The van der Waals surface area contributed by atoms with Crippen molar-refractivity contribution >= 4 is 5.78 Å². The minimum atomic E-state index is -2.96. The molecule has 0 amide bonds. The third kappa shape index (κ3) is 3.56. The lowest BCUT2D eigenvalue weighted by atomic mass is 9.99. The van der Waals surface area contributed by atoms with Gasteiger partial charge in [0.05, 0.1) is 0 Å². The standard InChI is InChI=1S/C16H14F2O3/c1-2-14(20)11-5-3-4-10(8-11)13-9-12(19)6-7-15(13)21-16(17)18/h3-9,16,19H,2H2,1H3. The highest BCUT2D eigenvalue weighted by Gasteiger charge is 2.13. The Morgan fingerprint density at radius 3 is 2.67 bits per heavy atom. The van der Waals surface area contributed by atoms with Crippen LogP contribution in [0.2, 0.25) is 0 Å². The molecular formula is C16H14F2O3. The van der Waals surface area contributed by atoms with E-state index in [0.29, 0.717) is 23.1 Å². The fourth-order valence-corrected chi connectivity index (χ4v) is 2.01. The number of carbonyl (C=O) groups is 1. The van der Waals surface area contributed by atoms with Gasteiger partial charge in [-0.25, -0.2) is 0 Å². The molecule has 0 aliphatic carbocycles. The highest BCUT2D eigenvalue weighted by atomic mass is 19.3. The van der Waals surface area contributed by atoms with Crippen LogP contribution in [0, 0.1) is 0 Å². The van der Waals surface area contributed by atoms with Crippen molar-refractivity contribution in [3.05, 3.63) is 48.0 Å². The largest absolute Gasteiger partial charge is 0.508 e. The molecular weight excluding hydrogens is 278 g/mol. The number of phenolic OH excluding ortho intramolecular Hbond substituents is 1. The van der Waals surface area contributed by atoms with E-state index in [0.717, 1.165) is 0 Å². The van der Waals surface area contributed by atoms with E-state index < -0.39 is 6.61 Å². The Balaban J connectivity index is 2.50. The molecule has 0 unspecified atom stereocenters. The number of hydrogen-bond donors (Lipinski definition) is 1. The second-order valence-electron chi connectivity index (χ2n) is 4.42. The normalized spacial score (nSPS) is 10.7. The van der Waals surface area contributed by atoms with Crippen LogP contribution in [0.1, 0.15) is 23.7 Å². The van der Waals surface area contributed by atoms with Crippen LogP contribution in [0.4, 0.5) is 8.78 Å². The van der Waals surface area contributed by atoms with Gasteiger partial charge in [0, 0.05) is 17.5 Å². The minimum absolute atomic E-state index is 0.0478. The molecule has 3 nitrogen and oxygen atoms in total. The fourth-order valence-electron chi connectivity index (χ4n) is 2.01. The van der Waals surface area contributed by atoms with E-state index in [4.69, 9.17) is 0 Å². The van der Waals surface area contributed by atoms with Gasteiger partial charge in [-0.15, -0.1) is 0 Å². The third-order valence-electron chi connectivity index (χ3n) is 3.00. The van der Waals surface area contributed by atoms with E-state index in [9.17, 15) is 18.7 Å². The van der Waals surface area contributed by atoms with E-state index in [1.54, 1.807) is 31.2 Å². The number of Topliss-reactive ketones (excluding diaryl/α,β-unsaturated/α-hetero) is 1. The molecule has 5 heteroatoms. The number of hydrogen-bond acceptors (Lipinski definition) is 3. The van der Waals surface area contributed by atoms with Crippen molar-refractivity contribution in [1.82, 2.24) is 0 Å². The van der Waals surface area contributed by atoms with Gasteiger partial charge in [0.1, 0.15) is 11.5 Å². The molecule has 0 aliphatic rings. The molecule has 0 fully saturated rings. The predicted molar refractivity (Wildman–Crippen MR) is 74.8 cm³/mol. The predicted octanol–water partition coefficient (Wildman–Crippen LogP) is 4.25. The number of rotatable bonds is 5. The first-order valence-corrected chi connectivity index (χ1v) is 6.42. The highest BCUT2D eigenvalue weighted by molar-refractivity contribution is 5.97. The molecule has 2 aromatic rings. The summed E-state index contributed by atoms with van der Waals surface area (Å²) in [6.07, 6.45) is 0.351. The first-order chi connectivity index (χ1) is 10.0. The summed E-state index contributed by atoms with van der Waals surface area (Å²) in [5.41, 5.74) is 1.32. The summed E-state index contributed by atoms with van der Waals surface area (Å²) < 4.78 is 29.3. The average Bonchev–Trinajstić information content (AvgIpc) is 2.48. The number of alkyl halides is 2. The van der Waals surface area contributed by atoms with Crippen LogP contribution >= 0.6 is 0 Å². The molecule has 0 atom stereocenters. The molecule has 2 aromatic carbocycles. The van der Waals surface area contributed by atoms with Crippen LogP contribution in [0.15, 0.2) is 42.5 Å². The van der Waals surface area contributed by atoms with Crippen molar-refractivity contribution in [3.63, 3.8) is 0 Å². The van der Waals surface area contributed by atoms with E-state index in [1.807, 2.05) is 0 Å². The summed E-state index contributed by atoms with van der Waals surface area (Å²) in [4.78, 5) is 11.7. The zero-order chi connectivity index (χ0) is 15.4. The van der Waals surface area contributed by atoms with Crippen LogP contribution in [0.25, 0.3) is 11.1 Å². The van der Waals surface area contributed by atoms with Crippen LogP contribution in [0.5, 0.6) is 11.5 Å². The van der Waals surface area contributed by atoms with Crippen molar-refractivity contribution in [2.75, 3.05) is 0 Å². The second kappa shape index (κ2) is 6.35. The van der Waals surface area contributed by atoms with Crippen LogP contribution in [-0.2, 0) is 0 Å². The molecule has 0 bridgehead atoms. The van der Waals surface area contributed by atoms with Gasteiger partial charge in [0.15, 0.2) is 5.78 Å². The van der Waals surface area contributed by atoms with E-state index in [-0.39, 0.29) is 17.3 Å². The first kappa shape index (κ1) is 15.0. The average molecular weight is 292 g/mol. The zero-order valence-electron chi connectivity index (χ0n) is 11.3. The summed E-state index contributed by atoms with van der Waals surface area (Å²) in [7, 11) is 0. The highest BCUT2D eigenvalue weighted by Crippen LogP contribution is 2.34. The SMILES string of the molecule is CCC(=O)c1cccc(-c2cc(O)ccc2OC(F)F)c1. The molecule has 0 aromatic heterocycles. The van der Waals surface area contributed by atoms with Gasteiger partial charge in [0.25, 0.3) is 0 Å². The molecule has 0 radical (unpaired) electrons. The maximum absolute atomic E-state index is 12.4. The monoisotopic (exact) mass is 292 g/mol. The van der Waals surface area contributed by atoms with Gasteiger partial charge in [-0.2, -0.15) is 8.78 Å². The molecule has 0 heterocycles. The Morgan fingerprint density at radius 1 is 1.24 bits per heavy atom. The Labute approximate surface area is 120 Å². The number of phenols is 1. The van der Waals surface area contributed by atoms with Crippen LogP contribution < -0.4 is 4.74 Å². The summed E-state index contributed by atoms with van der Waals surface area (Å²) in [5, 5.41) is 9.55. The zero-order valence-corrected chi connectivity index (χ0v) is 11.3. The number of benzene rings is 2. The molecule has 0 saturated heterocycles. The van der Waals surface area contributed by atoms with Crippen LogP contribution in [0.3, 0.4) is 0 Å². The quantitative estimate of drug-likeness (QED) is 0.838.